The highest BCUT2D eigenvalue weighted by Crippen LogP contribution is 2.08. The molecule has 0 aromatic heterocycles. The molecule has 1 rings (SSSR count). The summed E-state index contributed by atoms with van der Waals surface area (Å²) >= 11 is 0. The topological polar surface area (TPSA) is 3.24 Å². The van der Waals surface area contributed by atoms with Gasteiger partial charge < -0.3 is 4.90 Å². The molecular weight excluding hydrogens is 158 g/mol. The average Bonchev–Trinajstić information content (AvgIpc) is 2.15. The first-order valence-electron chi connectivity index (χ1n) is 4.32. The first kappa shape index (κ1) is 9.59. The maximum absolute atomic E-state index is 3.88. The van der Waals surface area contributed by atoms with Crippen LogP contribution in [0.1, 0.15) is 12.5 Å². The van der Waals surface area contributed by atoms with E-state index in [1.54, 1.807) is 6.20 Å². The molecule has 1 heteroatoms. The van der Waals surface area contributed by atoms with Crippen molar-refractivity contribution in [1.29, 1.82) is 0 Å². The van der Waals surface area contributed by atoms with E-state index in [2.05, 4.69) is 25.3 Å². The van der Waals surface area contributed by atoms with Crippen molar-refractivity contribution in [2.75, 3.05) is 0 Å². The van der Waals surface area contributed by atoms with Gasteiger partial charge in [0.05, 0.1) is 0 Å². The van der Waals surface area contributed by atoms with E-state index < -0.39 is 0 Å². The summed E-state index contributed by atoms with van der Waals surface area (Å²) in [5.74, 6) is 0. The van der Waals surface area contributed by atoms with E-state index in [4.69, 9.17) is 0 Å². The fourth-order valence-corrected chi connectivity index (χ4v) is 1.14. The Labute approximate surface area is 80.0 Å². The molecule has 0 amide bonds. The fraction of sp³-hybridized carbons (Fsp3) is 0.167. The van der Waals surface area contributed by atoms with E-state index in [9.17, 15) is 0 Å². The van der Waals surface area contributed by atoms with E-state index >= 15 is 0 Å². The fourth-order valence-electron chi connectivity index (χ4n) is 1.14. The second-order valence-electron chi connectivity index (χ2n) is 3.03. The van der Waals surface area contributed by atoms with E-state index in [1.807, 2.05) is 30.0 Å². The van der Waals surface area contributed by atoms with Crippen LogP contribution in [0.25, 0.3) is 0 Å². The van der Waals surface area contributed by atoms with Crippen molar-refractivity contribution < 1.29 is 0 Å². The molecule has 0 heterocycles. The summed E-state index contributed by atoms with van der Waals surface area (Å²) in [6.45, 7) is 10.4. The quantitative estimate of drug-likeness (QED) is 0.676. The van der Waals surface area contributed by atoms with Crippen LogP contribution in [-0.4, -0.2) is 4.90 Å². The van der Waals surface area contributed by atoms with Crippen molar-refractivity contribution in [2.45, 2.75) is 13.5 Å². The van der Waals surface area contributed by atoms with Crippen molar-refractivity contribution in [3.8, 4) is 0 Å². The Bertz CT molecular complexity index is 287. The molecule has 0 bridgehead atoms. The lowest BCUT2D eigenvalue weighted by Gasteiger charge is -2.19. The molecule has 0 radical (unpaired) electrons. The van der Waals surface area contributed by atoms with Crippen LogP contribution in [0.3, 0.4) is 0 Å². The zero-order valence-corrected chi connectivity index (χ0v) is 8.03. The largest absolute Gasteiger partial charge is 0.349 e. The van der Waals surface area contributed by atoms with Gasteiger partial charge in [-0.3, -0.25) is 0 Å². The minimum atomic E-state index is 0.847. The molecule has 0 N–H and O–H groups in total. The van der Waals surface area contributed by atoms with Crippen molar-refractivity contribution in [3.63, 3.8) is 0 Å². The van der Waals surface area contributed by atoms with E-state index in [1.165, 1.54) is 5.56 Å². The molecule has 0 unspecified atom stereocenters. The van der Waals surface area contributed by atoms with Crippen LogP contribution in [0, 0.1) is 0 Å². The van der Waals surface area contributed by atoms with Crippen LogP contribution >= 0.6 is 0 Å². The Hall–Kier alpha value is -1.50. The molecule has 0 aliphatic heterocycles. The summed E-state index contributed by atoms with van der Waals surface area (Å²) in [4.78, 5) is 2.02. The summed E-state index contributed by atoms with van der Waals surface area (Å²) < 4.78 is 0. The molecule has 0 atom stereocenters. The van der Waals surface area contributed by atoms with Gasteiger partial charge in [0.2, 0.25) is 0 Å². The number of hydrogen-bond acceptors (Lipinski definition) is 1. The maximum Gasteiger partial charge on any atom is 0.0472 e. The molecule has 0 aliphatic carbocycles. The van der Waals surface area contributed by atoms with Gasteiger partial charge in [0, 0.05) is 12.2 Å². The number of nitrogens with zero attached hydrogens (tertiary/aromatic N) is 1. The number of hydrogen-bond donors (Lipinski definition) is 0. The van der Waals surface area contributed by atoms with E-state index in [0.29, 0.717) is 0 Å². The van der Waals surface area contributed by atoms with Gasteiger partial charge in [0.25, 0.3) is 0 Å². The summed E-state index contributed by atoms with van der Waals surface area (Å²) in [5.41, 5.74) is 2.28. The van der Waals surface area contributed by atoms with E-state index in [0.717, 1.165) is 12.2 Å². The molecule has 0 fully saturated rings. The summed E-state index contributed by atoms with van der Waals surface area (Å²) in [6.07, 6.45) is 1.80. The molecule has 1 nitrogen and oxygen atoms in total. The highest BCUT2D eigenvalue weighted by atomic mass is 15.1. The summed E-state index contributed by atoms with van der Waals surface area (Å²) in [7, 11) is 0. The highest BCUT2D eigenvalue weighted by molar-refractivity contribution is 5.16. The Kier molecular flexibility index (Phi) is 3.32. The standard InChI is InChI=1S/C12H15N/c1-4-13(11(2)3)10-12-8-6-5-7-9-12/h4-9H,1-2,10H2,3H3. The molecule has 13 heavy (non-hydrogen) atoms. The van der Waals surface area contributed by atoms with Gasteiger partial charge in [-0.1, -0.05) is 43.5 Å². The minimum absolute atomic E-state index is 0.847. The van der Waals surface area contributed by atoms with Crippen molar-refractivity contribution in [3.05, 3.63) is 61.0 Å². The lowest BCUT2D eigenvalue weighted by Crippen LogP contribution is -2.12. The van der Waals surface area contributed by atoms with Gasteiger partial charge >= 0.3 is 0 Å². The van der Waals surface area contributed by atoms with E-state index in [-0.39, 0.29) is 0 Å². The Balaban J connectivity index is 2.67. The first-order valence-corrected chi connectivity index (χ1v) is 4.32. The number of allylic oxidation sites excluding steroid dienone is 1. The third-order valence-corrected chi connectivity index (χ3v) is 1.91. The normalized spacial score (nSPS) is 9.31. The Morgan fingerprint density at radius 1 is 1.38 bits per heavy atom. The third kappa shape index (κ3) is 2.79. The smallest absolute Gasteiger partial charge is 0.0472 e. The van der Waals surface area contributed by atoms with Gasteiger partial charge in [-0.05, 0) is 18.7 Å². The van der Waals surface area contributed by atoms with Crippen molar-refractivity contribution in [1.82, 2.24) is 4.90 Å². The van der Waals surface area contributed by atoms with Gasteiger partial charge in [0.1, 0.15) is 0 Å². The van der Waals surface area contributed by atoms with Crippen LogP contribution in [0.4, 0.5) is 0 Å². The highest BCUT2D eigenvalue weighted by Gasteiger charge is 1.99. The zero-order valence-electron chi connectivity index (χ0n) is 8.03. The SMILES string of the molecule is C=CN(Cc1ccccc1)C(=C)C. The van der Waals surface area contributed by atoms with Gasteiger partial charge in [0.15, 0.2) is 0 Å². The second-order valence-corrected chi connectivity index (χ2v) is 3.03. The molecule has 68 valence electrons. The van der Waals surface area contributed by atoms with Crippen LogP contribution in [0.15, 0.2) is 55.4 Å². The minimum Gasteiger partial charge on any atom is -0.349 e. The maximum atomic E-state index is 3.88. The molecule has 1 aromatic rings. The summed E-state index contributed by atoms with van der Waals surface area (Å²) in [6, 6.07) is 10.3. The molecule has 0 aliphatic rings. The van der Waals surface area contributed by atoms with Crippen molar-refractivity contribution in [2.24, 2.45) is 0 Å². The molecule has 1 aromatic carbocycles. The van der Waals surface area contributed by atoms with Crippen LogP contribution in [0.5, 0.6) is 0 Å². The van der Waals surface area contributed by atoms with Crippen LogP contribution < -0.4 is 0 Å². The monoisotopic (exact) mass is 173 g/mol. The number of benzene rings is 1. The third-order valence-electron chi connectivity index (χ3n) is 1.91. The average molecular weight is 173 g/mol. The second kappa shape index (κ2) is 4.51. The molecule has 0 saturated carbocycles. The zero-order chi connectivity index (χ0) is 9.68. The predicted octanol–water partition coefficient (Wildman–Crippen LogP) is 3.17. The van der Waals surface area contributed by atoms with Gasteiger partial charge in [-0.25, -0.2) is 0 Å². The first-order chi connectivity index (χ1) is 6.24. The lowest BCUT2D eigenvalue weighted by atomic mass is 10.2. The van der Waals surface area contributed by atoms with Crippen LogP contribution in [0.2, 0.25) is 0 Å². The predicted molar refractivity (Wildman–Crippen MR) is 57.0 cm³/mol. The Morgan fingerprint density at radius 2 is 2.00 bits per heavy atom. The number of rotatable bonds is 4. The van der Waals surface area contributed by atoms with Crippen LogP contribution in [-0.2, 0) is 6.54 Å². The molecule has 0 spiro atoms. The van der Waals surface area contributed by atoms with Gasteiger partial charge in [-0.15, -0.1) is 0 Å². The Morgan fingerprint density at radius 3 is 2.46 bits per heavy atom. The van der Waals surface area contributed by atoms with Crippen molar-refractivity contribution >= 4 is 0 Å². The lowest BCUT2D eigenvalue weighted by molar-refractivity contribution is 0.463. The molecule has 0 saturated heterocycles. The van der Waals surface area contributed by atoms with Gasteiger partial charge in [-0.2, -0.15) is 0 Å². The molecular formula is C12H15N. The summed E-state index contributed by atoms with van der Waals surface area (Å²) in [5, 5.41) is 0.